The van der Waals surface area contributed by atoms with E-state index in [0.29, 0.717) is 5.56 Å². The van der Waals surface area contributed by atoms with Crippen molar-refractivity contribution in [1.82, 2.24) is 0 Å². The Bertz CT molecular complexity index is 1310. The first-order chi connectivity index (χ1) is 15.6. The van der Waals surface area contributed by atoms with Gasteiger partial charge in [0.15, 0.2) is 5.41 Å². The fraction of sp³-hybridized carbons (Fsp3) is 0.273. The second kappa shape index (κ2) is 7.54. The first-order valence-corrected chi connectivity index (χ1v) is 10.7. The highest BCUT2D eigenvalue weighted by molar-refractivity contribution is 9.10. The molecule has 11 heteroatoms. The molecule has 33 heavy (non-hydrogen) atoms. The number of nitriles is 3. The van der Waals surface area contributed by atoms with Crippen LogP contribution in [0, 0.1) is 66.3 Å². The fourth-order valence-electron chi connectivity index (χ4n) is 4.68. The van der Waals surface area contributed by atoms with Gasteiger partial charge in [0.05, 0.1) is 29.0 Å². The minimum atomic E-state index is -2.29. The van der Waals surface area contributed by atoms with Gasteiger partial charge in [-0.15, -0.1) is 0 Å². The summed E-state index contributed by atoms with van der Waals surface area (Å²) in [5.74, 6) is -3.27. The lowest BCUT2D eigenvalue weighted by atomic mass is 9.53. The first kappa shape index (κ1) is 22.7. The summed E-state index contributed by atoms with van der Waals surface area (Å²) < 4.78 is 13.0. The van der Waals surface area contributed by atoms with Crippen LogP contribution in [0.5, 0.6) is 0 Å². The molecule has 9 nitrogen and oxygen atoms in total. The molecule has 164 valence electrons. The molecular weight excluding hydrogens is 514 g/mol. The van der Waals surface area contributed by atoms with Crippen molar-refractivity contribution in [2.45, 2.75) is 18.8 Å². The molecule has 0 saturated carbocycles. The third-order valence-corrected chi connectivity index (χ3v) is 7.26. The topological polar surface area (TPSA) is 157 Å². The molecule has 0 radical (unpaired) electrons. The molecule has 2 saturated heterocycles. The van der Waals surface area contributed by atoms with Crippen LogP contribution in [0.15, 0.2) is 46.9 Å². The number of ether oxygens (including phenoxy) is 2. The van der Waals surface area contributed by atoms with Gasteiger partial charge in [-0.05, 0) is 18.2 Å². The van der Waals surface area contributed by atoms with Gasteiger partial charge in [0, 0.05) is 32.8 Å². The molecule has 2 aromatic carbocycles. The largest absolute Gasteiger partial charge is 0.443 e. The quantitative estimate of drug-likeness (QED) is 0.429. The standard InChI is InChI=1S/C22H13BrClN5O4/c1-12-21(11-27)19(28)33-22(12,13-2-4-14(23)5-3-13)32-18(20(21,9-25)10-26)16-8-15(29(30)31)6-7-17(16)24/h2-8,12,18,28H,1H3. The van der Waals surface area contributed by atoms with Gasteiger partial charge < -0.3 is 9.47 Å². The van der Waals surface area contributed by atoms with Crippen LogP contribution in [0.25, 0.3) is 0 Å². The van der Waals surface area contributed by atoms with Crippen LogP contribution in [0.1, 0.15) is 24.2 Å². The van der Waals surface area contributed by atoms with Crippen LogP contribution >= 0.6 is 27.5 Å². The average molecular weight is 527 g/mol. The smallest absolute Gasteiger partial charge is 0.269 e. The minimum Gasteiger partial charge on any atom is -0.443 e. The van der Waals surface area contributed by atoms with E-state index in [9.17, 15) is 25.9 Å². The maximum absolute atomic E-state index is 11.4. The maximum Gasteiger partial charge on any atom is 0.269 e. The van der Waals surface area contributed by atoms with E-state index >= 15 is 0 Å². The van der Waals surface area contributed by atoms with Crippen LogP contribution in [-0.4, -0.2) is 10.8 Å². The second-order valence-electron chi connectivity index (χ2n) is 7.74. The van der Waals surface area contributed by atoms with Crippen LogP contribution in [0.4, 0.5) is 5.69 Å². The monoisotopic (exact) mass is 525 g/mol. The van der Waals surface area contributed by atoms with E-state index in [-0.39, 0.29) is 16.3 Å². The predicted octanol–water partition coefficient (Wildman–Crippen LogP) is 5.12. The molecule has 2 aliphatic heterocycles. The zero-order valence-corrected chi connectivity index (χ0v) is 19.2. The number of nitro benzene ring substituents is 1. The van der Waals surface area contributed by atoms with Gasteiger partial charge in [-0.2, -0.15) is 15.8 Å². The SMILES string of the molecule is CC1C2(c3ccc(Br)cc3)OC(=N)C1(C#N)C(C#N)(C#N)C(c1cc([N+](=O)[O-])ccc1Cl)O2. The van der Waals surface area contributed by atoms with E-state index < -0.39 is 39.5 Å². The molecule has 2 bridgehead atoms. The summed E-state index contributed by atoms with van der Waals surface area (Å²) in [4.78, 5) is 10.8. The van der Waals surface area contributed by atoms with Gasteiger partial charge in [0.2, 0.25) is 17.1 Å². The summed E-state index contributed by atoms with van der Waals surface area (Å²) in [6.07, 6.45) is -1.54. The van der Waals surface area contributed by atoms with Crippen molar-refractivity contribution in [3.8, 4) is 18.2 Å². The molecule has 4 atom stereocenters. The van der Waals surface area contributed by atoms with Crippen molar-refractivity contribution in [3.63, 3.8) is 0 Å². The number of nitrogens with one attached hydrogen (secondary N) is 1. The third-order valence-electron chi connectivity index (χ3n) is 6.39. The number of non-ortho nitro benzene ring substituents is 1. The van der Waals surface area contributed by atoms with Gasteiger partial charge >= 0.3 is 0 Å². The van der Waals surface area contributed by atoms with Gasteiger partial charge in [0.1, 0.15) is 6.10 Å². The van der Waals surface area contributed by atoms with Gasteiger partial charge in [-0.25, -0.2) is 0 Å². The minimum absolute atomic E-state index is 0.00000425. The third kappa shape index (κ3) is 2.74. The zero-order chi connectivity index (χ0) is 24.2. The van der Waals surface area contributed by atoms with Crippen LogP contribution in [-0.2, 0) is 15.3 Å². The molecule has 0 aromatic heterocycles. The van der Waals surface area contributed by atoms with Crippen molar-refractivity contribution in [2.24, 2.45) is 16.7 Å². The normalized spacial score (nSPS) is 29.3. The van der Waals surface area contributed by atoms with Crippen molar-refractivity contribution >= 4 is 39.1 Å². The van der Waals surface area contributed by atoms with Crippen molar-refractivity contribution in [3.05, 3.63) is 73.2 Å². The number of nitro groups is 1. The van der Waals surface area contributed by atoms with Gasteiger partial charge in [0.25, 0.3) is 5.69 Å². The summed E-state index contributed by atoms with van der Waals surface area (Å²) in [5.41, 5.74) is -4.25. The number of rotatable bonds is 3. The van der Waals surface area contributed by atoms with E-state index in [0.717, 1.165) is 10.5 Å². The van der Waals surface area contributed by atoms with Crippen molar-refractivity contribution in [1.29, 1.82) is 21.2 Å². The lowest BCUT2D eigenvalue weighted by molar-refractivity contribution is -0.385. The molecule has 0 spiro atoms. The van der Waals surface area contributed by atoms with E-state index in [1.807, 2.05) is 18.2 Å². The Balaban J connectivity index is 2.07. The molecule has 1 N–H and O–H groups in total. The van der Waals surface area contributed by atoms with E-state index in [2.05, 4.69) is 15.9 Å². The van der Waals surface area contributed by atoms with E-state index in [1.54, 1.807) is 31.2 Å². The summed E-state index contributed by atoms with van der Waals surface area (Å²) in [5, 5.41) is 50.8. The second-order valence-corrected chi connectivity index (χ2v) is 9.06. The van der Waals surface area contributed by atoms with E-state index in [1.165, 1.54) is 12.1 Å². The number of hydrogen-bond donors (Lipinski definition) is 1. The summed E-state index contributed by atoms with van der Waals surface area (Å²) in [7, 11) is 0. The molecule has 0 amide bonds. The summed E-state index contributed by atoms with van der Waals surface area (Å²) in [6.45, 7) is 1.57. The Morgan fingerprint density at radius 2 is 1.79 bits per heavy atom. The summed E-state index contributed by atoms with van der Waals surface area (Å²) in [6, 6.07) is 16.1. The van der Waals surface area contributed by atoms with E-state index in [4.69, 9.17) is 26.5 Å². The predicted molar refractivity (Wildman–Crippen MR) is 117 cm³/mol. The highest BCUT2D eigenvalue weighted by atomic mass is 79.9. The Labute approximate surface area is 201 Å². The fourth-order valence-corrected chi connectivity index (χ4v) is 5.16. The Morgan fingerprint density at radius 1 is 1.15 bits per heavy atom. The summed E-state index contributed by atoms with van der Waals surface area (Å²) >= 11 is 9.71. The number of halogens is 2. The molecule has 2 heterocycles. The Hall–Kier alpha value is -3.49. The first-order valence-electron chi connectivity index (χ1n) is 9.53. The molecule has 2 aliphatic rings. The Morgan fingerprint density at radius 3 is 2.33 bits per heavy atom. The molecule has 4 unspecified atom stereocenters. The van der Waals surface area contributed by atoms with Crippen LogP contribution in [0.2, 0.25) is 5.02 Å². The number of benzene rings is 2. The molecule has 2 aromatic rings. The zero-order valence-electron chi connectivity index (χ0n) is 16.9. The lowest BCUT2D eigenvalue weighted by Gasteiger charge is -2.48. The Kier molecular flexibility index (Phi) is 5.18. The van der Waals surface area contributed by atoms with Crippen molar-refractivity contribution in [2.75, 3.05) is 0 Å². The van der Waals surface area contributed by atoms with Gasteiger partial charge in [-0.3, -0.25) is 15.5 Å². The maximum atomic E-state index is 11.4. The number of hydrogen-bond acceptors (Lipinski definition) is 8. The van der Waals surface area contributed by atoms with Crippen molar-refractivity contribution < 1.29 is 14.4 Å². The van der Waals surface area contributed by atoms with Crippen LogP contribution < -0.4 is 0 Å². The number of nitrogens with zero attached hydrogens (tertiary/aromatic N) is 4. The molecular formula is C22H13BrClN5O4. The van der Waals surface area contributed by atoms with Gasteiger partial charge in [-0.1, -0.05) is 46.6 Å². The molecule has 4 rings (SSSR count). The average Bonchev–Trinajstić information content (AvgIpc) is 2.96. The molecule has 2 fully saturated rings. The number of fused-ring (bicyclic) bond motifs is 2. The highest BCUT2D eigenvalue weighted by Gasteiger charge is 2.80. The molecule has 0 aliphatic carbocycles. The lowest BCUT2D eigenvalue weighted by Crippen LogP contribution is -2.57. The highest BCUT2D eigenvalue weighted by Crippen LogP contribution is 2.69. The van der Waals surface area contributed by atoms with Crippen LogP contribution in [0.3, 0.4) is 0 Å².